The molecule has 0 saturated carbocycles. The molecule has 0 aliphatic rings. The fourth-order valence-electron chi connectivity index (χ4n) is 1.24. The second-order valence-electron chi connectivity index (χ2n) is 3.05. The van der Waals surface area contributed by atoms with E-state index in [9.17, 15) is 0 Å². The van der Waals surface area contributed by atoms with Crippen molar-refractivity contribution in [2.24, 2.45) is 0 Å². The Morgan fingerprint density at radius 3 is 2.86 bits per heavy atom. The zero-order chi connectivity index (χ0) is 10.1. The Labute approximate surface area is 86.5 Å². The number of benzene rings is 1. The highest BCUT2D eigenvalue weighted by Gasteiger charge is 2.08. The van der Waals surface area contributed by atoms with Crippen molar-refractivity contribution >= 4 is 17.6 Å². The number of aryl methyl sites for hydroxylation is 1. The lowest BCUT2D eigenvalue weighted by Crippen LogP contribution is -1.80. The number of aromatic nitrogens is 1. The van der Waals surface area contributed by atoms with E-state index < -0.39 is 0 Å². The van der Waals surface area contributed by atoms with Gasteiger partial charge in [0.05, 0.1) is 11.2 Å². The number of nitrogens with zero attached hydrogens (tertiary/aromatic N) is 1. The Morgan fingerprint density at radius 1 is 1.43 bits per heavy atom. The second kappa shape index (κ2) is 3.35. The minimum atomic E-state index is 0.151. The van der Waals surface area contributed by atoms with Gasteiger partial charge in [-0.2, -0.15) is 0 Å². The van der Waals surface area contributed by atoms with Gasteiger partial charge < -0.3 is 10.2 Å². The van der Waals surface area contributed by atoms with Crippen LogP contribution in [0.4, 0.5) is 6.01 Å². The first-order valence-corrected chi connectivity index (χ1v) is 4.52. The molecule has 1 aromatic carbocycles. The molecule has 0 aliphatic carbocycles. The molecular formula is C10H9ClN2O. The van der Waals surface area contributed by atoms with Gasteiger partial charge in [-0.05, 0) is 19.1 Å². The molecule has 14 heavy (non-hydrogen) atoms. The van der Waals surface area contributed by atoms with E-state index in [0.29, 0.717) is 10.8 Å². The number of nitrogen functional groups attached to an aromatic ring is 1. The van der Waals surface area contributed by atoms with Gasteiger partial charge in [0, 0.05) is 5.56 Å². The molecule has 0 amide bonds. The summed E-state index contributed by atoms with van der Waals surface area (Å²) in [5, 5.41) is 0.631. The molecule has 4 heteroatoms. The first kappa shape index (κ1) is 9.09. The minimum Gasteiger partial charge on any atom is -0.424 e. The highest BCUT2D eigenvalue weighted by Crippen LogP contribution is 2.29. The minimum absolute atomic E-state index is 0.151. The summed E-state index contributed by atoms with van der Waals surface area (Å²) < 4.78 is 5.19. The molecule has 1 heterocycles. The lowest BCUT2D eigenvalue weighted by atomic mass is 10.1. The van der Waals surface area contributed by atoms with Crippen LogP contribution in [-0.2, 0) is 0 Å². The lowest BCUT2D eigenvalue weighted by Gasteiger charge is -2.00. The van der Waals surface area contributed by atoms with Gasteiger partial charge in [0.1, 0.15) is 0 Å². The van der Waals surface area contributed by atoms with Crippen LogP contribution in [0.1, 0.15) is 5.56 Å². The topological polar surface area (TPSA) is 52.0 Å². The van der Waals surface area contributed by atoms with Crippen LogP contribution in [0.2, 0.25) is 5.02 Å². The van der Waals surface area contributed by atoms with Crippen molar-refractivity contribution in [2.75, 3.05) is 5.73 Å². The molecule has 0 saturated heterocycles. The largest absolute Gasteiger partial charge is 0.424 e. The van der Waals surface area contributed by atoms with E-state index in [4.69, 9.17) is 21.8 Å². The molecule has 0 radical (unpaired) electrons. The van der Waals surface area contributed by atoms with Crippen molar-refractivity contribution in [3.63, 3.8) is 0 Å². The third-order valence-electron chi connectivity index (χ3n) is 1.91. The maximum absolute atomic E-state index is 6.01. The number of anilines is 1. The summed E-state index contributed by atoms with van der Waals surface area (Å²) in [6.45, 7) is 1.99. The maximum Gasteiger partial charge on any atom is 0.292 e. The molecule has 0 spiro atoms. The van der Waals surface area contributed by atoms with E-state index >= 15 is 0 Å². The van der Waals surface area contributed by atoms with Crippen LogP contribution in [0.3, 0.4) is 0 Å². The van der Waals surface area contributed by atoms with Crippen molar-refractivity contribution in [2.45, 2.75) is 6.92 Å². The fourth-order valence-corrected chi connectivity index (χ4v) is 1.45. The molecule has 1 aromatic heterocycles. The molecule has 0 unspecified atom stereocenters. The van der Waals surface area contributed by atoms with Crippen molar-refractivity contribution in [3.8, 4) is 11.3 Å². The second-order valence-corrected chi connectivity index (χ2v) is 3.45. The van der Waals surface area contributed by atoms with Crippen molar-refractivity contribution < 1.29 is 4.42 Å². The van der Waals surface area contributed by atoms with Gasteiger partial charge in [-0.1, -0.05) is 23.2 Å². The van der Waals surface area contributed by atoms with E-state index in [2.05, 4.69) is 4.98 Å². The summed E-state index contributed by atoms with van der Waals surface area (Å²) in [6.07, 6.45) is 1.57. The predicted molar refractivity (Wildman–Crippen MR) is 56.1 cm³/mol. The van der Waals surface area contributed by atoms with Crippen molar-refractivity contribution in [1.82, 2.24) is 4.98 Å². The predicted octanol–water partition coefficient (Wildman–Crippen LogP) is 2.89. The molecule has 72 valence electrons. The fraction of sp³-hybridized carbons (Fsp3) is 0.100. The first-order chi connectivity index (χ1) is 6.66. The summed E-state index contributed by atoms with van der Waals surface area (Å²) in [5.41, 5.74) is 7.31. The van der Waals surface area contributed by atoms with Crippen LogP contribution in [0.25, 0.3) is 11.3 Å². The number of hydrogen-bond donors (Lipinski definition) is 1. The SMILES string of the molecule is Cc1ccc(Cl)c(-c2cnc(N)o2)c1. The summed E-state index contributed by atoms with van der Waals surface area (Å²) in [4.78, 5) is 3.82. The van der Waals surface area contributed by atoms with E-state index in [1.165, 1.54) is 0 Å². The molecule has 0 bridgehead atoms. The van der Waals surface area contributed by atoms with Crippen LogP contribution in [-0.4, -0.2) is 4.98 Å². The molecule has 0 fully saturated rings. The Morgan fingerprint density at radius 2 is 2.21 bits per heavy atom. The van der Waals surface area contributed by atoms with E-state index in [1.807, 2.05) is 25.1 Å². The van der Waals surface area contributed by atoms with Crippen LogP contribution >= 0.6 is 11.6 Å². The summed E-state index contributed by atoms with van der Waals surface area (Å²) in [7, 11) is 0. The monoisotopic (exact) mass is 208 g/mol. The standard InChI is InChI=1S/C10H9ClN2O/c1-6-2-3-8(11)7(4-6)9-5-13-10(12)14-9/h2-5H,1H3,(H2,12,13). The highest BCUT2D eigenvalue weighted by atomic mass is 35.5. The lowest BCUT2D eigenvalue weighted by molar-refractivity contribution is 0.595. The van der Waals surface area contributed by atoms with Gasteiger partial charge in [-0.25, -0.2) is 4.98 Å². The van der Waals surface area contributed by atoms with Gasteiger partial charge in [-0.3, -0.25) is 0 Å². The number of halogens is 1. The Hall–Kier alpha value is -1.48. The van der Waals surface area contributed by atoms with Gasteiger partial charge in [-0.15, -0.1) is 0 Å². The van der Waals surface area contributed by atoms with Crippen LogP contribution in [0.15, 0.2) is 28.8 Å². The first-order valence-electron chi connectivity index (χ1n) is 4.14. The Balaban J connectivity index is 2.55. The van der Waals surface area contributed by atoms with Gasteiger partial charge >= 0.3 is 0 Å². The van der Waals surface area contributed by atoms with Crippen molar-refractivity contribution in [1.29, 1.82) is 0 Å². The molecule has 2 N–H and O–H groups in total. The average molecular weight is 209 g/mol. The third-order valence-corrected chi connectivity index (χ3v) is 2.24. The summed E-state index contributed by atoms with van der Waals surface area (Å²) in [6, 6.07) is 5.84. The van der Waals surface area contributed by atoms with Crippen LogP contribution in [0.5, 0.6) is 0 Å². The number of hydrogen-bond acceptors (Lipinski definition) is 3. The third kappa shape index (κ3) is 1.59. The smallest absolute Gasteiger partial charge is 0.292 e. The normalized spacial score (nSPS) is 10.4. The zero-order valence-corrected chi connectivity index (χ0v) is 8.38. The average Bonchev–Trinajstić information content (AvgIpc) is 2.56. The zero-order valence-electron chi connectivity index (χ0n) is 7.62. The Kier molecular flexibility index (Phi) is 2.17. The maximum atomic E-state index is 6.01. The Bertz CT molecular complexity index is 465. The molecule has 2 aromatic rings. The quantitative estimate of drug-likeness (QED) is 0.784. The van der Waals surface area contributed by atoms with E-state index in [-0.39, 0.29) is 6.01 Å². The van der Waals surface area contributed by atoms with E-state index in [1.54, 1.807) is 6.20 Å². The number of rotatable bonds is 1. The van der Waals surface area contributed by atoms with Crippen LogP contribution in [0, 0.1) is 6.92 Å². The van der Waals surface area contributed by atoms with Gasteiger partial charge in [0.25, 0.3) is 6.01 Å². The van der Waals surface area contributed by atoms with Crippen molar-refractivity contribution in [3.05, 3.63) is 35.0 Å². The summed E-state index contributed by atoms with van der Waals surface area (Å²) >= 11 is 6.01. The highest BCUT2D eigenvalue weighted by molar-refractivity contribution is 6.33. The molecule has 0 atom stereocenters. The van der Waals surface area contributed by atoms with Gasteiger partial charge in [0.2, 0.25) is 0 Å². The molecular weight excluding hydrogens is 200 g/mol. The number of oxazole rings is 1. The molecule has 0 aliphatic heterocycles. The molecule has 2 rings (SSSR count). The van der Waals surface area contributed by atoms with Gasteiger partial charge in [0.15, 0.2) is 5.76 Å². The number of nitrogens with two attached hydrogens (primary N) is 1. The van der Waals surface area contributed by atoms with E-state index in [0.717, 1.165) is 11.1 Å². The molecule has 3 nitrogen and oxygen atoms in total. The summed E-state index contributed by atoms with van der Waals surface area (Å²) in [5.74, 6) is 0.594. The van der Waals surface area contributed by atoms with Crippen LogP contribution < -0.4 is 5.73 Å².